The fourth-order valence-corrected chi connectivity index (χ4v) is 2.11. The van der Waals surface area contributed by atoms with Crippen LogP contribution in [0.2, 0.25) is 0 Å². The second-order valence-electron chi connectivity index (χ2n) is 6.21. The maximum absolute atomic E-state index is 4.59. The summed E-state index contributed by atoms with van der Waals surface area (Å²) in [6.07, 6.45) is 0. The minimum atomic E-state index is 0.492. The van der Waals surface area contributed by atoms with Crippen LogP contribution in [0.4, 0.5) is 0 Å². The van der Waals surface area contributed by atoms with Gasteiger partial charge in [-0.15, -0.1) is 0 Å². The lowest BCUT2D eigenvalue weighted by molar-refractivity contribution is 0.435. The Morgan fingerprint density at radius 2 is 2.00 bits per heavy atom. The summed E-state index contributed by atoms with van der Waals surface area (Å²) in [5, 5.41) is 11.2. The number of nitrogens with one attached hydrogen (secondary N) is 2. The van der Waals surface area contributed by atoms with Gasteiger partial charge < -0.3 is 10.6 Å². The zero-order valence-corrected chi connectivity index (χ0v) is 14.4. The maximum Gasteiger partial charge on any atom is 0.191 e. The molecule has 0 aliphatic rings. The van der Waals surface area contributed by atoms with E-state index >= 15 is 0 Å². The number of guanidine groups is 1. The summed E-state index contributed by atoms with van der Waals surface area (Å²) < 4.78 is 2.08. The summed E-state index contributed by atoms with van der Waals surface area (Å²) >= 11 is 0. The highest BCUT2D eigenvalue weighted by Crippen LogP contribution is 2.05. The van der Waals surface area contributed by atoms with Crippen LogP contribution in [0.1, 0.15) is 39.1 Å². The Kier molecular flexibility index (Phi) is 7.26. The molecule has 0 spiro atoms. The predicted octanol–water partition coefficient (Wildman–Crippen LogP) is 2.35. The molecule has 0 saturated heterocycles. The number of aryl methyl sites for hydroxylation is 2. The Balaban J connectivity index is 2.47. The second-order valence-corrected chi connectivity index (χ2v) is 6.21. The highest BCUT2D eigenvalue weighted by molar-refractivity contribution is 5.79. The molecular formula is C16H31N5. The van der Waals surface area contributed by atoms with E-state index < -0.39 is 0 Å². The summed E-state index contributed by atoms with van der Waals surface area (Å²) in [6, 6.07) is 2.12. The van der Waals surface area contributed by atoms with Gasteiger partial charge in [-0.1, -0.05) is 20.8 Å². The quantitative estimate of drug-likeness (QED) is 0.599. The van der Waals surface area contributed by atoms with Crippen LogP contribution in [0.25, 0.3) is 0 Å². The van der Waals surface area contributed by atoms with E-state index in [1.54, 1.807) is 0 Å². The molecule has 5 nitrogen and oxygen atoms in total. The van der Waals surface area contributed by atoms with Gasteiger partial charge in [0, 0.05) is 31.9 Å². The first-order valence-electron chi connectivity index (χ1n) is 7.95. The van der Waals surface area contributed by atoms with Crippen molar-refractivity contribution in [3.05, 3.63) is 17.5 Å². The number of hydrogen-bond donors (Lipinski definition) is 2. The molecule has 0 amide bonds. The Hall–Kier alpha value is -1.52. The zero-order valence-electron chi connectivity index (χ0n) is 14.4. The highest BCUT2D eigenvalue weighted by Gasteiger charge is 2.08. The van der Waals surface area contributed by atoms with Gasteiger partial charge in [-0.05, 0) is 38.7 Å². The molecular weight excluding hydrogens is 262 g/mol. The van der Waals surface area contributed by atoms with Crippen LogP contribution in [0.5, 0.6) is 0 Å². The largest absolute Gasteiger partial charge is 0.357 e. The Labute approximate surface area is 129 Å². The fourth-order valence-electron chi connectivity index (χ4n) is 2.11. The van der Waals surface area contributed by atoms with Crippen LogP contribution in [-0.4, -0.2) is 35.4 Å². The lowest BCUT2D eigenvalue weighted by atomic mass is 10.2. The van der Waals surface area contributed by atoms with Crippen molar-refractivity contribution in [3.63, 3.8) is 0 Å². The lowest BCUT2D eigenvalue weighted by Crippen LogP contribution is -2.40. The minimum Gasteiger partial charge on any atom is -0.357 e. The normalized spacial score (nSPS) is 13.6. The van der Waals surface area contributed by atoms with E-state index in [4.69, 9.17) is 0 Å². The van der Waals surface area contributed by atoms with Gasteiger partial charge in [-0.2, -0.15) is 5.10 Å². The molecule has 2 N–H and O–H groups in total. The average Bonchev–Trinajstić information content (AvgIpc) is 2.71. The topological polar surface area (TPSA) is 54.2 Å². The third-order valence-electron chi connectivity index (χ3n) is 3.16. The standard InChI is InChI=1S/C16H31N5/c1-7-17-16(18-9-12(2)3)19-10-13(4)11-21-15(6)8-14(5)20-21/h8,12-13H,7,9-11H2,1-6H3,(H2,17,18,19). The molecule has 0 fully saturated rings. The van der Waals surface area contributed by atoms with Crippen molar-refractivity contribution in [3.8, 4) is 0 Å². The number of aromatic nitrogens is 2. The Morgan fingerprint density at radius 3 is 2.52 bits per heavy atom. The van der Waals surface area contributed by atoms with Gasteiger partial charge in [0.2, 0.25) is 0 Å². The highest BCUT2D eigenvalue weighted by atomic mass is 15.3. The van der Waals surface area contributed by atoms with Crippen molar-refractivity contribution in [2.24, 2.45) is 16.8 Å². The van der Waals surface area contributed by atoms with Gasteiger partial charge in [0.05, 0.1) is 5.69 Å². The first kappa shape index (κ1) is 17.5. The van der Waals surface area contributed by atoms with Gasteiger partial charge in [-0.3, -0.25) is 9.67 Å². The van der Waals surface area contributed by atoms with Gasteiger partial charge in [0.25, 0.3) is 0 Å². The smallest absolute Gasteiger partial charge is 0.191 e. The number of aliphatic imine (C=N–C) groups is 1. The number of hydrogen-bond acceptors (Lipinski definition) is 2. The summed E-state index contributed by atoms with van der Waals surface area (Å²) in [4.78, 5) is 4.59. The number of rotatable bonds is 7. The van der Waals surface area contributed by atoms with Crippen LogP contribution in [0.15, 0.2) is 11.1 Å². The Bertz CT molecular complexity index is 448. The molecule has 1 aromatic heterocycles. The van der Waals surface area contributed by atoms with E-state index in [9.17, 15) is 0 Å². The van der Waals surface area contributed by atoms with Crippen molar-refractivity contribution in [2.75, 3.05) is 19.6 Å². The molecule has 0 aliphatic carbocycles. The van der Waals surface area contributed by atoms with Crippen molar-refractivity contribution in [1.29, 1.82) is 0 Å². The Morgan fingerprint density at radius 1 is 1.29 bits per heavy atom. The zero-order chi connectivity index (χ0) is 15.8. The van der Waals surface area contributed by atoms with E-state index in [1.807, 2.05) is 6.92 Å². The van der Waals surface area contributed by atoms with E-state index in [1.165, 1.54) is 5.69 Å². The molecule has 0 saturated carbocycles. The van der Waals surface area contributed by atoms with Crippen molar-refractivity contribution in [1.82, 2.24) is 20.4 Å². The van der Waals surface area contributed by atoms with Crippen molar-refractivity contribution < 1.29 is 0 Å². The molecule has 1 aromatic rings. The summed E-state index contributed by atoms with van der Waals surface area (Å²) in [5.41, 5.74) is 2.30. The van der Waals surface area contributed by atoms with Crippen LogP contribution in [0.3, 0.4) is 0 Å². The van der Waals surface area contributed by atoms with Crippen molar-refractivity contribution >= 4 is 5.96 Å². The van der Waals surface area contributed by atoms with Gasteiger partial charge in [0.15, 0.2) is 5.96 Å². The molecule has 1 unspecified atom stereocenters. The minimum absolute atomic E-state index is 0.492. The fraction of sp³-hybridized carbons (Fsp3) is 0.750. The number of nitrogens with zero attached hydrogens (tertiary/aromatic N) is 3. The molecule has 1 heterocycles. The molecule has 5 heteroatoms. The van der Waals surface area contributed by atoms with E-state index in [2.05, 4.69) is 66.1 Å². The predicted molar refractivity (Wildman–Crippen MR) is 89.7 cm³/mol. The summed E-state index contributed by atoms with van der Waals surface area (Å²) in [6.45, 7) is 16.4. The van der Waals surface area contributed by atoms with Crippen LogP contribution in [-0.2, 0) is 6.54 Å². The van der Waals surface area contributed by atoms with Crippen LogP contribution >= 0.6 is 0 Å². The van der Waals surface area contributed by atoms with E-state index in [0.29, 0.717) is 11.8 Å². The van der Waals surface area contributed by atoms with Gasteiger partial charge in [0.1, 0.15) is 0 Å². The van der Waals surface area contributed by atoms with Crippen LogP contribution in [0, 0.1) is 25.7 Å². The molecule has 0 radical (unpaired) electrons. The monoisotopic (exact) mass is 293 g/mol. The third-order valence-corrected chi connectivity index (χ3v) is 3.16. The first-order valence-corrected chi connectivity index (χ1v) is 7.95. The first-order chi connectivity index (χ1) is 9.92. The molecule has 0 aromatic carbocycles. The lowest BCUT2D eigenvalue weighted by Gasteiger charge is -2.17. The molecule has 1 atom stereocenters. The van der Waals surface area contributed by atoms with E-state index in [0.717, 1.165) is 37.8 Å². The molecule has 0 aliphatic heterocycles. The second kappa shape index (κ2) is 8.70. The molecule has 1 rings (SSSR count). The molecule has 21 heavy (non-hydrogen) atoms. The molecule has 0 bridgehead atoms. The third kappa shape index (κ3) is 6.65. The molecule has 120 valence electrons. The van der Waals surface area contributed by atoms with E-state index in [-0.39, 0.29) is 0 Å². The summed E-state index contributed by atoms with van der Waals surface area (Å²) in [5.74, 6) is 1.98. The summed E-state index contributed by atoms with van der Waals surface area (Å²) in [7, 11) is 0. The van der Waals surface area contributed by atoms with Gasteiger partial charge >= 0.3 is 0 Å². The maximum atomic E-state index is 4.59. The SMILES string of the molecule is CCNC(=NCC(C)C)NCC(C)Cn1nc(C)cc1C. The van der Waals surface area contributed by atoms with Crippen molar-refractivity contribution in [2.45, 2.75) is 48.1 Å². The van der Waals surface area contributed by atoms with Gasteiger partial charge in [-0.25, -0.2) is 0 Å². The van der Waals surface area contributed by atoms with Crippen LogP contribution < -0.4 is 10.6 Å². The average molecular weight is 293 g/mol.